The predicted molar refractivity (Wildman–Crippen MR) is 95.6 cm³/mol. The van der Waals surface area contributed by atoms with Crippen molar-refractivity contribution in [1.82, 2.24) is 0 Å². The number of hydrogen-bond acceptors (Lipinski definition) is 3. The van der Waals surface area contributed by atoms with E-state index < -0.39 is 14.1 Å². The highest BCUT2D eigenvalue weighted by molar-refractivity contribution is 6.74. The van der Waals surface area contributed by atoms with Crippen molar-refractivity contribution in [3.63, 3.8) is 0 Å². The maximum atomic E-state index is 6.70. The lowest BCUT2D eigenvalue weighted by molar-refractivity contribution is -0.153. The van der Waals surface area contributed by atoms with E-state index in [1.54, 1.807) is 0 Å². The van der Waals surface area contributed by atoms with E-state index >= 15 is 0 Å². The standard InChI is InChI=1S/C18H36O3Si/c1-10-11-12-13-15(21-22(8,9)17(3,4)5)16-14(2)19-18(6,7)20-16/h10,14-16H,1,11-13H2,2-9H3/t14-,15+,16+/m0/s1. The van der Waals surface area contributed by atoms with Crippen LogP contribution >= 0.6 is 0 Å². The van der Waals surface area contributed by atoms with Crippen LogP contribution in [0.4, 0.5) is 0 Å². The van der Waals surface area contributed by atoms with Crippen molar-refractivity contribution in [2.75, 3.05) is 0 Å². The fourth-order valence-electron chi connectivity index (χ4n) is 2.65. The zero-order valence-electron chi connectivity index (χ0n) is 15.9. The molecular weight excluding hydrogens is 292 g/mol. The minimum absolute atomic E-state index is 0.00828. The summed E-state index contributed by atoms with van der Waals surface area (Å²) >= 11 is 0. The molecule has 0 saturated carbocycles. The molecule has 3 atom stereocenters. The third kappa shape index (κ3) is 5.19. The molecule has 1 rings (SSSR count). The average molecular weight is 329 g/mol. The lowest BCUT2D eigenvalue weighted by Crippen LogP contribution is -2.49. The topological polar surface area (TPSA) is 27.7 Å². The molecule has 1 aliphatic heterocycles. The van der Waals surface area contributed by atoms with E-state index in [0.29, 0.717) is 0 Å². The lowest BCUT2D eigenvalue weighted by Gasteiger charge is -2.41. The van der Waals surface area contributed by atoms with E-state index in [1.165, 1.54) is 0 Å². The SMILES string of the molecule is C=CCCC[C@@H](O[Si](C)(C)C(C)(C)C)[C@@H]1OC(C)(C)O[C@H]1C. The van der Waals surface area contributed by atoms with Crippen molar-refractivity contribution in [2.24, 2.45) is 0 Å². The molecule has 0 radical (unpaired) electrons. The Morgan fingerprint density at radius 3 is 2.27 bits per heavy atom. The molecule has 0 unspecified atom stereocenters. The fraction of sp³-hybridized carbons (Fsp3) is 0.889. The molecule has 0 amide bonds. The van der Waals surface area contributed by atoms with Crippen LogP contribution in [-0.4, -0.2) is 32.4 Å². The number of rotatable bonds is 7. The summed E-state index contributed by atoms with van der Waals surface area (Å²) in [7, 11) is -1.83. The molecular formula is C18H36O3Si. The maximum Gasteiger partial charge on any atom is 0.192 e. The first-order chi connectivity index (χ1) is 9.89. The Labute approximate surface area is 138 Å². The molecule has 1 fully saturated rings. The van der Waals surface area contributed by atoms with Gasteiger partial charge in [0, 0.05) is 0 Å². The minimum atomic E-state index is -1.83. The highest BCUT2D eigenvalue weighted by atomic mass is 28.4. The first-order valence-corrected chi connectivity index (χ1v) is 11.4. The fourth-order valence-corrected chi connectivity index (χ4v) is 4.02. The van der Waals surface area contributed by atoms with Gasteiger partial charge in [0.05, 0.1) is 12.2 Å². The number of ether oxygens (including phenoxy) is 2. The van der Waals surface area contributed by atoms with Gasteiger partial charge in [-0.15, -0.1) is 6.58 Å². The summed E-state index contributed by atoms with van der Waals surface area (Å²) in [5.74, 6) is -0.516. The molecule has 0 aromatic rings. The largest absolute Gasteiger partial charge is 0.411 e. The summed E-state index contributed by atoms with van der Waals surface area (Å²) < 4.78 is 18.8. The van der Waals surface area contributed by atoms with Crippen LogP contribution in [0, 0.1) is 0 Å². The van der Waals surface area contributed by atoms with Gasteiger partial charge in [-0.2, -0.15) is 0 Å². The zero-order valence-corrected chi connectivity index (χ0v) is 16.9. The molecule has 22 heavy (non-hydrogen) atoms. The average Bonchev–Trinajstić information content (AvgIpc) is 2.60. The van der Waals surface area contributed by atoms with E-state index in [9.17, 15) is 0 Å². The Morgan fingerprint density at radius 1 is 1.27 bits per heavy atom. The van der Waals surface area contributed by atoms with E-state index in [2.05, 4.69) is 47.4 Å². The van der Waals surface area contributed by atoms with E-state index in [-0.39, 0.29) is 23.4 Å². The predicted octanol–water partition coefficient (Wildman–Crippen LogP) is 5.27. The van der Waals surface area contributed by atoms with Crippen molar-refractivity contribution in [3.8, 4) is 0 Å². The van der Waals surface area contributed by atoms with Gasteiger partial charge >= 0.3 is 0 Å². The molecule has 4 heteroatoms. The molecule has 1 saturated heterocycles. The molecule has 1 heterocycles. The van der Waals surface area contributed by atoms with Gasteiger partial charge in [-0.05, 0) is 58.2 Å². The molecule has 3 nitrogen and oxygen atoms in total. The monoisotopic (exact) mass is 328 g/mol. The van der Waals surface area contributed by atoms with Gasteiger partial charge in [0.25, 0.3) is 0 Å². The van der Waals surface area contributed by atoms with Gasteiger partial charge in [-0.25, -0.2) is 0 Å². The molecule has 0 aromatic carbocycles. The van der Waals surface area contributed by atoms with E-state index in [1.807, 2.05) is 19.9 Å². The molecule has 0 aliphatic carbocycles. The second kappa shape index (κ2) is 7.16. The van der Waals surface area contributed by atoms with Crippen LogP contribution in [-0.2, 0) is 13.9 Å². The molecule has 0 spiro atoms. The third-order valence-corrected chi connectivity index (χ3v) is 9.37. The van der Waals surface area contributed by atoms with Crippen molar-refractivity contribution >= 4 is 8.32 Å². The van der Waals surface area contributed by atoms with Crippen LogP contribution in [0.2, 0.25) is 18.1 Å². The van der Waals surface area contributed by atoms with Crippen molar-refractivity contribution in [2.45, 2.75) is 103 Å². The van der Waals surface area contributed by atoms with Gasteiger partial charge < -0.3 is 13.9 Å². The van der Waals surface area contributed by atoms with Crippen molar-refractivity contribution < 1.29 is 13.9 Å². The van der Waals surface area contributed by atoms with Crippen LogP contribution in [0.15, 0.2) is 12.7 Å². The molecule has 0 N–H and O–H groups in total. The van der Waals surface area contributed by atoms with Gasteiger partial charge in [0.1, 0.15) is 6.10 Å². The van der Waals surface area contributed by atoms with Crippen LogP contribution in [0.1, 0.15) is 60.8 Å². The highest BCUT2D eigenvalue weighted by Crippen LogP contribution is 2.40. The summed E-state index contributed by atoms with van der Waals surface area (Å²) in [6, 6.07) is 0. The van der Waals surface area contributed by atoms with Gasteiger partial charge in [0.15, 0.2) is 14.1 Å². The number of hydrogen-bond donors (Lipinski definition) is 0. The zero-order chi connectivity index (χ0) is 17.2. The van der Waals surface area contributed by atoms with Gasteiger partial charge in [-0.3, -0.25) is 0 Å². The van der Waals surface area contributed by atoms with Crippen LogP contribution in [0.5, 0.6) is 0 Å². The quantitative estimate of drug-likeness (QED) is 0.362. The normalized spacial score (nSPS) is 26.9. The summed E-state index contributed by atoms with van der Waals surface area (Å²) in [6.07, 6.45) is 5.23. The van der Waals surface area contributed by atoms with E-state index in [4.69, 9.17) is 13.9 Å². The Bertz CT molecular complexity index is 371. The Morgan fingerprint density at radius 2 is 1.86 bits per heavy atom. The summed E-state index contributed by atoms with van der Waals surface area (Å²) in [4.78, 5) is 0. The lowest BCUT2D eigenvalue weighted by atomic mass is 10.0. The van der Waals surface area contributed by atoms with E-state index in [0.717, 1.165) is 19.3 Å². The third-order valence-electron chi connectivity index (χ3n) is 4.87. The highest BCUT2D eigenvalue weighted by Gasteiger charge is 2.47. The number of unbranched alkanes of at least 4 members (excludes halogenated alkanes) is 1. The summed E-state index contributed by atoms with van der Waals surface area (Å²) in [5.41, 5.74) is 0. The Hall–Kier alpha value is -0.163. The minimum Gasteiger partial charge on any atom is -0.411 e. The summed E-state index contributed by atoms with van der Waals surface area (Å²) in [6.45, 7) is 21.3. The van der Waals surface area contributed by atoms with Gasteiger partial charge in [-0.1, -0.05) is 26.8 Å². The number of allylic oxidation sites excluding steroid dienone is 1. The van der Waals surface area contributed by atoms with Crippen LogP contribution < -0.4 is 0 Å². The van der Waals surface area contributed by atoms with Crippen LogP contribution in [0.25, 0.3) is 0 Å². The second-order valence-electron chi connectivity index (χ2n) is 8.44. The maximum absolute atomic E-state index is 6.70. The molecule has 130 valence electrons. The molecule has 0 bridgehead atoms. The van der Waals surface area contributed by atoms with Gasteiger partial charge in [0.2, 0.25) is 0 Å². The first kappa shape index (κ1) is 19.9. The second-order valence-corrected chi connectivity index (χ2v) is 13.2. The van der Waals surface area contributed by atoms with Crippen LogP contribution in [0.3, 0.4) is 0 Å². The smallest absolute Gasteiger partial charge is 0.192 e. The van der Waals surface area contributed by atoms with Crippen molar-refractivity contribution in [3.05, 3.63) is 12.7 Å². The Balaban J connectivity index is 2.87. The molecule has 1 aliphatic rings. The first-order valence-electron chi connectivity index (χ1n) is 8.54. The molecule has 0 aromatic heterocycles. The Kier molecular flexibility index (Phi) is 6.47. The van der Waals surface area contributed by atoms with Crippen molar-refractivity contribution in [1.29, 1.82) is 0 Å². The summed E-state index contributed by atoms with van der Waals surface area (Å²) in [5, 5.41) is 0.196.